The van der Waals surface area contributed by atoms with Crippen LogP contribution in [0.1, 0.15) is 16.1 Å². The molecule has 1 N–H and O–H groups in total. The number of methoxy groups -OCH3 is 1. The largest absolute Gasteiger partial charge is 0.497 e. The molecule has 5 nitrogen and oxygen atoms in total. The van der Waals surface area contributed by atoms with Crippen LogP contribution in [0.3, 0.4) is 0 Å². The smallest absolute Gasteiger partial charge is 0.294 e. The second-order valence-corrected chi connectivity index (χ2v) is 3.55. The number of hydroxylamine groups is 1. The van der Waals surface area contributed by atoms with E-state index < -0.39 is 5.91 Å². The maximum atomic E-state index is 11.6. The molecule has 0 fully saturated rings. The van der Waals surface area contributed by atoms with Crippen LogP contribution >= 0.6 is 0 Å². The van der Waals surface area contributed by atoms with Crippen molar-refractivity contribution in [2.45, 2.75) is 6.92 Å². The lowest BCUT2D eigenvalue weighted by Gasteiger charge is -2.04. The van der Waals surface area contributed by atoms with Crippen molar-refractivity contribution in [1.29, 1.82) is 0 Å². The number of fused-ring (bicyclic) bond motifs is 1. The fourth-order valence-corrected chi connectivity index (χ4v) is 1.79. The first kappa shape index (κ1) is 11.4. The van der Waals surface area contributed by atoms with Gasteiger partial charge in [-0.3, -0.25) is 4.79 Å². The third-order valence-electron chi connectivity index (χ3n) is 2.52. The van der Waals surface area contributed by atoms with Gasteiger partial charge in [-0.1, -0.05) is 5.04 Å². The van der Waals surface area contributed by atoms with Crippen molar-refractivity contribution < 1.29 is 19.1 Å². The molecule has 0 aliphatic heterocycles. The zero-order valence-electron chi connectivity index (χ0n) is 9.36. The number of carbonyl (C=O) groups excluding carboxylic acids is 1. The fourth-order valence-electron chi connectivity index (χ4n) is 1.79. The van der Waals surface area contributed by atoms with Gasteiger partial charge in [0.15, 0.2) is 0 Å². The standard InChI is InChI=1S/C11H11FN2O3/c1-7-5-8-6-9(16-2)3-4-14(8)10(7)11(15)13-17-12/h3-6H,1-2H3,(H,13,15). The average Bonchev–Trinajstić information content (AvgIpc) is 2.64. The minimum absolute atomic E-state index is 0.320. The van der Waals surface area contributed by atoms with Crippen LogP contribution in [0.4, 0.5) is 4.53 Å². The number of pyridine rings is 1. The number of ether oxygens (including phenoxy) is 1. The van der Waals surface area contributed by atoms with Crippen LogP contribution in [0.5, 0.6) is 5.75 Å². The number of hydrogen-bond donors (Lipinski definition) is 1. The van der Waals surface area contributed by atoms with Crippen LogP contribution in [-0.2, 0) is 5.04 Å². The molecule has 1 amide bonds. The first-order chi connectivity index (χ1) is 8.17. The Morgan fingerprint density at radius 3 is 2.88 bits per heavy atom. The molecule has 0 radical (unpaired) electrons. The van der Waals surface area contributed by atoms with Crippen LogP contribution in [0.15, 0.2) is 24.4 Å². The van der Waals surface area contributed by atoms with E-state index in [-0.39, 0.29) is 0 Å². The van der Waals surface area contributed by atoms with Crippen molar-refractivity contribution in [2.75, 3.05) is 7.11 Å². The summed E-state index contributed by atoms with van der Waals surface area (Å²) in [6.45, 7) is 1.76. The average molecular weight is 238 g/mol. The van der Waals surface area contributed by atoms with E-state index in [1.165, 1.54) is 0 Å². The topological polar surface area (TPSA) is 52.0 Å². The Labute approximate surface area is 96.6 Å². The SMILES string of the molecule is COc1ccn2c(C(=O)NOF)c(C)cc2c1. The molecule has 0 aliphatic carbocycles. The summed E-state index contributed by atoms with van der Waals surface area (Å²) in [6, 6.07) is 5.29. The normalized spacial score (nSPS) is 10.5. The number of halogens is 1. The number of hydrogen-bond acceptors (Lipinski definition) is 3. The zero-order valence-corrected chi connectivity index (χ0v) is 9.36. The van der Waals surface area contributed by atoms with Gasteiger partial charge in [0.2, 0.25) is 0 Å². The highest BCUT2D eigenvalue weighted by molar-refractivity contribution is 5.95. The van der Waals surface area contributed by atoms with Crippen molar-refractivity contribution in [1.82, 2.24) is 9.88 Å². The highest BCUT2D eigenvalue weighted by Gasteiger charge is 2.15. The Morgan fingerprint density at radius 2 is 2.24 bits per heavy atom. The van der Waals surface area contributed by atoms with Gasteiger partial charge in [0.05, 0.1) is 7.11 Å². The van der Waals surface area contributed by atoms with Crippen LogP contribution in [0, 0.1) is 6.92 Å². The summed E-state index contributed by atoms with van der Waals surface area (Å²) >= 11 is 0. The van der Waals surface area contributed by atoms with Gasteiger partial charge < -0.3 is 9.14 Å². The molecule has 0 unspecified atom stereocenters. The quantitative estimate of drug-likeness (QED) is 0.829. The summed E-state index contributed by atoms with van der Waals surface area (Å²) in [6.07, 6.45) is 1.67. The Kier molecular flexibility index (Phi) is 2.97. The van der Waals surface area contributed by atoms with Gasteiger partial charge in [-0.05, 0) is 29.1 Å². The van der Waals surface area contributed by atoms with Gasteiger partial charge in [0.1, 0.15) is 11.4 Å². The number of aromatic nitrogens is 1. The molecular formula is C11H11FN2O3. The molecule has 0 saturated carbocycles. The minimum Gasteiger partial charge on any atom is -0.497 e. The molecule has 6 heteroatoms. The van der Waals surface area contributed by atoms with E-state index >= 15 is 0 Å². The number of nitrogens with zero attached hydrogens (tertiary/aromatic N) is 1. The number of aryl methyl sites for hydroxylation is 1. The second-order valence-electron chi connectivity index (χ2n) is 3.55. The van der Waals surface area contributed by atoms with Gasteiger partial charge in [0.25, 0.3) is 5.91 Å². The van der Waals surface area contributed by atoms with Crippen molar-refractivity contribution >= 4 is 11.4 Å². The molecule has 2 aromatic rings. The first-order valence-electron chi connectivity index (χ1n) is 4.91. The summed E-state index contributed by atoms with van der Waals surface area (Å²) in [4.78, 5) is 11.6. The van der Waals surface area contributed by atoms with E-state index in [1.54, 1.807) is 48.3 Å². The van der Waals surface area contributed by atoms with Crippen LogP contribution < -0.4 is 10.2 Å². The lowest BCUT2D eigenvalue weighted by atomic mass is 10.2. The van der Waals surface area contributed by atoms with E-state index in [0.717, 1.165) is 5.52 Å². The number of carbonyl (C=O) groups is 1. The van der Waals surface area contributed by atoms with E-state index in [9.17, 15) is 9.32 Å². The molecular weight excluding hydrogens is 227 g/mol. The van der Waals surface area contributed by atoms with Gasteiger partial charge >= 0.3 is 0 Å². The zero-order chi connectivity index (χ0) is 12.4. The first-order valence-corrected chi connectivity index (χ1v) is 4.91. The molecule has 0 saturated heterocycles. The molecule has 17 heavy (non-hydrogen) atoms. The molecule has 2 heterocycles. The third-order valence-corrected chi connectivity index (χ3v) is 2.52. The van der Waals surface area contributed by atoms with E-state index in [2.05, 4.69) is 5.04 Å². The Hall–Kier alpha value is -2.08. The molecule has 0 aromatic carbocycles. The van der Waals surface area contributed by atoms with Crippen molar-refractivity contribution in [3.8, 4) is 5.75 Å². The molecule has 0 spiro atoms. The number of rotatable bonds is 3. The Morgan fingerprint density at radius 1 is 1.47 bits per heavy atom. The summed E-state index contributed by atoms with van der Waals surface area (Å²) < 4.78 is 18.3. The van der Waals surface area contributed by atoms with Crippen molar-refractivity contribution in [3.63, 3.8) is 0 Å². The summed E-state index contributed by atoms with van der Waals surface area (Å²) in [5.74, 6) is 0.0406. The maximum Gasteiger partial charge on any atom is 0.294 e. The lowest BCUT2D eigenvalue weighted by Crippen LogP contribution is -2.22. The summed E-state index contributed by atoms with van der Waals surface area (Å²) in [5, 5.41) is 3.14. The maximum absolute atomic E-state index is 11.6. The Bertz CT molecular complexity index is 565. The van der Waals surface area contributed by atoms with E-state index in [4.69, 9.17) is 4.74 Å². The van der Waals surface area contributed by atoms with Gasteiger partial charge in [-0.2, -0.15) is 5.48 Å². The summed E-state index contributed by atoms with van der Waals surface area (Å²) in [7, 11) is 1.56. The van der Waals surface area contributed by atoms with E-state index in [0.29, 0.717) is 17.0 Å². The van der Waals surface area contributed by atoms with Crippen molar-refractivity contribution in [3.05, 3.63) is 35.7 Å². The van der Waals surface area contributed by atoms with Crippen LogP contribution in [0.25, 0.3) is 5.52 Å². The van der Waals surface area contributed by atoms with Crippen LogP contribution in [-0.4, -0.2) is 17.4 Å². The molecule has 0 atom stereocenters. The van der Waals surface area contributed by atoms with Gasteiger partial charge in [0, 0.05) is 17.8 Å². The minimum atomic E-state index is -0.643. The molecule has 0 aliphatic rings. The molecule has 0 bridgehead atoms. The highest BCUT2D eigenvalue weighted by atomic mass is 19.3. The summed E-state index contributed by atoms with van der Waals surface area (Å²) in [5.41, 5.74) is 3.47. The third kappa shape index (κ3) is 1.94. The van der Waals surface area contributed by atoms with Crippen molar-refractivity contribution in [2.24, 2.45) is 0 Å². The second kappa shape index (κ2) is 4.42. The number of nitrogens with one attached hydrogen (secondary N) is 1. The molecule has 2 aromatic heterocycles. The molecule has 2 rings (SSSR count). The fraction of sp³-hybridized carbons (Fsp3) is 0.182. The molecule has 90 valence electrons. The van der Waals surface area contributed by atoms with Crippen LogP contribution in [0.2, 0.25) is 0 Å². The van der Waals surface area contributed by atoms with Gasteiger partial charge in [-0.15, -0.1) is 0 Å². The predicted molar refractivity (Wildman–Crippen MR) is 58.3 cm³/mol. The predicted octanol–water partition coefficient (Wildman–Crippen LogP) is 1.80. The number of amides is 1. The lowest BCUT2D eigenvalue weighted by molar-refractivity contribution is -0.176. The highest BCUT2D eigenvalue weighted by Crippen LogP contribution is 2.20. The Balaban J connectivity index is 2.56. The van der Waals surface area contributed by atoms with Gasteiger partial charge in [-0.25, -0.2) is 0 Å². The monoisotopic (exact) mass is 238 g/mol. The van der Waals surface area contributed by atoms with E-state index in [1.807, 2.05) is 0 Å².